The SMILES string of the molecule is O=C1CSC(=O)N1C1CN2CCC1CC2. The Morgan fingerprint density at radius 2 is 1.93 bits per heavy atom. The highest BCUT2D eigenvalue weighted by atomic mass is 32.2. The van der Waals surface area contributed by atoms with E-state index in [-0.39, 0.29) is 17.2 Å². The van der Waals surface area contributed by atoms with Crippen molar-refractivity contribution in [3.8, 4) is 0 Å². The molecule has 0 saturated carbocycles. The molecule has 0 aromatic carbocycles. The molecule has 2 amide bonds. The number of carbonyl (C=O) groups is 2. The van der Waals surface area contributed by atoms with Crippen LogP contribution in [0.4, 0.5) is 4.79 Å². The second kappa shape index (κ2) is 3.49. The summed E-state index contributed by atoms with van der Waals surface area (Å²) in [5, 5.41) is -0.0289. The Bertz CT molecular complexity index is 297. The first-order valence-corrected chi connectivity index (χ1v) is 6.45. The quantitative estimate of drug-likeness (QED) is 0.662. The maximum absolute atomic E-state index is 11.6. The number of amides is 2. The van der Waals surface area contributed by atoms with Gasteiger partial charge in [0, 0.05) is 6.54 Å². The third-order valence-corrected chi connectivity index (χ3v) is 4.57. The first-order chi connectivity index (χ1) is 7.25. The highest BCUT2D eigenvalue weighted by Crippen LogP contribution is 2.34. The van der Waals surface area contributed by atoms with Crippen LogP contribution in [-0.4, -0.2) is 52.4 Å². The van der Waals surface area contributed by atoms with Crippen molar-refractivity contribution in [2.75, 3.05) is 25.4 Å². The van der Waals surface area contributed by atoms with E-state index in [1.807, 2.05) is 0 Å². The van der Waals surface area contributed by atoms with Crippen LogP contribution in [-0.2, 0) is 4.79 Å². The summed E-state index contributed by atoms with van der Waals surface area (Å²) in [5.41, 5.74) is 0. The summed E-state index contributed by atoms with van der Waals surface area (Å²) < 4.78 is 0. The zero-order valence-corrected chi connectivity index (χ0v) is 9.33. The molecule has 4 heterocycles. The van der Waals surface area contributed by atoms with E-state index in [1.165, 1.54) is 4.90 Å². The first-order valence-electron chi connectivity index (χ1n) is 5.47. The number of piperidine rings is 3. The molecular weight excluding hydrogens is 212 g/mol. The number of hydrogen-bond acceptors (Lipinski definition) is 4. The van der Waals surface area contributed by atoms with Gasteiger partial charge in [0.15, 0.2) is 0 Å². The molecule has 0 spiro atoms. The van der Waals surface area contributed by atoms with Gasteiger partial charge in [-0.25, -0.2) is 0 Å². The summed E-state index contributed by atoms with van der Waals surface area (Å²) in [6.45, 7) is 3.19. The zero-order chi connectivity index (χ0) is 10.4. The average molecular weight is 226 g/mol. The van der Waals surface area contributed by atoms with Gasteiger partial charge in [-0.1, -0.05) is 11.8 Å². The molecule has 4 aliphatic rings. The van der Waals surface area contributed by atoms with E-state index in [4.69, 9.17) is 0 Å². The van der Waals surface area contributed by atoms with Crippen LogP contribution < -0.4 is 0 Å². The van der Waals surface area contributed by atoms with Crippen molar-refractivity contribution >= 4 is 22.9 Å². The second-order valence-corrected chi connectivity index (χ2v) is 5.45. The fraction of sp³-hybridized carbons (Fsp3) is 0.800. The van der Waals surface area contributed by atoms with E-state index in [0.29, 0.717) is 11.7 Å². The zero-order valence-electron chi connectivity index (χ0n) is 8.52. The number of imide groups is 1. The van der Waals surface area contributed by atoms with Gasteiger partial charge in [0.2, 0.25) is 5.91 Å². The van der Waals surface area contributed by atoms with Crippen molar-refractivity contribution in [1.82, 2.24) is 9.80 Å². The minimum absolute atomic E-state index is 0.0174. The minimum atomic E-state index is -0.0289. The Morgan fingerprint density at radius 1 is 1.20 bits per heavy atom. The van der Waals surface area contributed by atoms with Crippen molar-refractivity contribution in [2.24, 2.45) is 5.92 Å². The number of rotatable bonds is 1. The predicted octanol–water partition coefficient (Wildman–Crippen LogP) is 0.776. The Hall–Kier alpha value is -0.550. The van der Waals surface area contributed by atoms with Gasteiger partial charge in [-0.15, -0.1) is 0 Å². The van der Waals surface area contributed by atoms with Crippen molar-refractivity contribution in [3.63, 3.8) is 0 Å². The molecule has 4 fully saturated rings. The molecule has 0 N–H and O–H groups in total. The second-order valence-electron chi connectivity index (χ2n) is 4.52. The van der Waals surface area contributed by atoms with Gasteiger partial charge in [-0.05, 0) is 31.8 Å². The molecule has 0 aromatic heterocycles. The molecular formula is C10H14N2O2S. The maximum Gasteiger partial charge on any atom is 0.289 e. The van der Waals surface area contributed by atoms with Crippen LogP contribution in [0.3, 0.4) is 0 Å². The fourth-order valence-corrected chi connectivity index (χ4v) is 3.67. The lowest BCUT2D eigenvalue weighted by Gasteiger charge is -2.47. The minimum Gasteiger partial charge on any atom is -0.301 e. The summed E-state index contributed by atoms with van der Waals surface area (Å²) in [5.74, 6) is 0.924. The lowest BCUT2D eigenvalue weighted by Crippen LogP contribution is -2.58. The fourth-order valence-electron chi connectivity index (χ4n) is 2.91. The van der Waals surface area contributed by atoms with E-state index in [2.05, 4.69) is 4.90 Å². The highest BCUT2D eigenvalue weighted by Gasteiger charge is 2.44. The van der Waals surface area contributed by atoms with Gasteiger partial charge in [-0.3, -0.25) is 14.5 Å². The molecule has 0 aromatic rings. The van der Waals surface area contributed by atoms with Crippen LogP contribution in [0.2, 0.25) is 0 Å². The predicted molar refractivity (Wildman–Crippen MR) is 57.7 cm³/mol. The number of nitrogens with zero attached hydrogens (tertiary/aromatic N) is 2. The third kappa shape index (κ3) is 1.49. The van der Waals surface area contributed by atoms with Crippen LogP contribution in [0.5, 0.6) is 0 Å². The van der Waals surface area contributed by atoms with E-state index < -0.39 is 0 Å². The first kappa shape index (κ1) is 9.66. The number of thioether (sulfide) groups is 1. The Morgan fingerprint density at radius 3 is 2.40 bits per heavy atom. The van der Waals surface area contributed by atoms with Crippen LogP contribution >= 0.6 is 11.8 Å². The summed E-state index contributed by atoms with van der Waals surface area (Å²) in [6.07, 6.45) is 2.29. The Balaban J connectivity index is 1.82. The molecule has 4 nitrogen and oxygen atoms in total. The summed E-state index contributed by atoms with van der Waals surface area (Å²) >= 11 is 1.15. The average Bonchev–Trinajstić information content (AvgIpc) is 2.60. The molecule has 2 bridgehead atoms. The largest absolute Gasteiger partial charge is 0.301 e. The van der Waals surface area contributed by atoms with Crippen molar-refractivity contribution in [1.29, 1.82) is 0 Å². The number of carbonyl (C=O) groups excluding carboxylic acids is 2. The van der Waals surface area contributed by atoms with Crippen molar-refractivity contribution in [2.45, 2.75) is 18.9 Å². The lowest BCUT2D eigenvalue weighted by molar-refractivity contribution is -0.129. The van der Waals surface area contributed by atoms with Gasteiger partial charge >= 0.3 is 0 Å². The normalized spacial score (nSPS) is 40.3. The number of fused-ring (bicyclic) bond motifs is 3. The van der Waals surface area contributed by atoms with Crippen LogP contribution in [0.25, 0.3) is 0 Å². The monoisotopic (exact) mass is 226 g/mol. The summed E-state index contributed by atoms with van der Waals surface area (Å²) in [7, 11) is 0. The molecule has 4 saturated heterocycles. The van der Waals surface area contributed by atoms with E-state index in [9.17, 15) is 9.59 Å². The van der Waals surface area contributed by atoms with Gasteiger partial charge in [0.1, 0.15) is 0 Å². The van der Waals surface area contributed by atoms with Crippen LogP contribution in [0, 0.1) is 5.92 Å². The molecule has 0 radical (unpaired) electrons. The van der Waals surface area contributed by atoms with Crippen LogP contribution in [0.15, 0.2) is 0 Å². The molecule has 1 unspecified atom stereocenters. The molecule has 1 atom stereocenters. The summed E-state index contributed by atoms with van der Waals surface area (Å²) in [4.78, 5) is 27.1. The van der Waals surface area contributed by atoms with Gasteiger partial charge in [0.05, 0.1) is 11.8 Å². The van der Waals surface area contributed by atoms with Gasteiger partial charge in [0.25, 0.3) is 5.24 Å². The van der Waals surface area contributed by atoms with Crippen molar-refractivity contribution < 1.29 is 9.59 Å². The Kier molecular flexibility index (Phi) is 2.25. The lowest BCUT2D eigenvalue weighted by atomic mass is 9.83. The molecule has 82 valence electrons. The topological polar surface area (TPSA) is 40.6 Å². The Labute approximate surface area is 93.0 Å². The van der Waals surface area contributed by atoms with E-state index >= 15 is 0 Å². The third-order valence-electron chi connectivity index (χ3n) is 3.74. The summed E-state index contributed by atoms with van der Waals surface area (Å²) in [6, 6.07) is 0.169. The van der Waals surface area contributed by atoms with Crippen LogP contribution in [0.1, 0.15) is 12.8 Å². The molecule has 0 aliphatic carbocycles. The number of hydrogen-bond donors (Lipinski definition) is 0. The standard InChI is InChI=1S/C10H14N2O2S/c13-9-6-15-10(14)12(9)8-5-11-3-1-7(8)2-4-11/h7-8H,1-6H2. The maximum atomic E-state index is 11.6. The molecule has 4 rings (SSSR count). The smallest absolute Gasteiger partial charge is 0.289 e. The molecule has 15 heavy (non-hydrogen) atoms. The van der Waals surface area contributed by atoms with E-state index in [1.54, 1.807) is 0 Å². The van der Waals surface area contributed by atoms with Crippen molar-refractivity contribution in [3.05, 3.63) is 0 Å². The van der Waals surface area contributed by atoms with Gasteiger partial charge < -0.3 is 4.90 Å². The van der Waals surface area contributed by atoms with Gasteiger partial charge in [-0.2, -0.15) is 0 Å². The molecule has 4 aliphatic heterocycles. The molecule has 5 heteroatoms. The van der Waals surface area contributed by atoms with E-state index in [0.717, 1.165) is 44.2 Å². The highest BCUT2D eigenvalue weighted by molar-refractivity contribution is 8.14.